The van der Waals surface area contributed by atoms with Crippen LogP contribution in [0.4, 0.5) is 0 Å². The molecule has 0 saturated carbocycles. The molecular weight excluding hydrogens is 1050 g/mol. The van der Waals surface area contributed by atoms with Gasteiger partial charge in [0, 0.05) is 25.7 Å². The van der Waals surface area contributed by atoms with Crippen LogP contribution in [0.1, 0.15) is 298 Å². The molecule has 0 saturated heterocycles. The Balaban J connectivity index is 5.08. The Morgan fingerprint density at radius 2 is 0.582 bits per heavy atom. The summed E-state index contributed by atoms with van der Waals surface area (Å²) in [5.74, 6) is -1.36. The zero-order valence-electron chi connectivity index (χ0n) is 50.5. The van der Waals surface area contributed by atoms with Gasteiger partial charge in [0.1, 0.15) is 19.3 Å². The molecule has 0 rings (SSSR count). The van der Waals surface area contributed by atoms with Crippen molar-refractivity contribution in [2.75, 3.05) is 39.6 Å². The van der Waals surface area contributed by atoms with Crippen LogP contribution >= 0.6 is 15.6 Å². The zero-order chi connectivity index (χ0) is 58.5. The van der Waals surface area contributed by atoms with Gasteiger partial charge in [-0.1, -0.05) is 247 Å². The summed E-state index contributed by atoms with van der Waals surface area (Å²) in [5, 5.41) is 10.5. The van der Waals surface area contributed by atoms with Crippen LogP contribution in [0.5, 0.6) is 0 Å². The fourth-order valence-electron chi connectivity index (χ4n) is 8.88. The Bertz CT molecular complexity index is 1550. The lowest BCUT2D eigenvalue weighted by Gasteiger charge is -2.21. The minimum absolute atomic E-state index is 0.0989. The number of hydrogen-bond acceptors (Lipinski definition) is 15. The number of carbonyl (C=O) groups excluding carboxylic acids is 4. The number of aliphatic hydroxyl groups is 1. The van der Waals surface area contributed by atoms with Gasteiger partial charge in [0.05, 0.1) is 26.4 Å². The number of phosphoric acid groups is 2. The topological polar surface area (TPSA) is 237 Å². The highest BCUT2D eigenvalue weighted by atomic mass is 31.2. The number of aliphatic hydroxyl groups excluding tert-OH is 1. The van der Waals surface area contributed by atoms with Crippen molar-refractivity contribution < 1.29 is 80.2 Å². The minimum Gasteiger partial charge on any atom is -0.462 e. The molecule has 19 heteroatoms. The normalized spacial score (nSPS) is 14.3. The summed E-state index contributed by atoms with van der Waals surface area (Å²) < 4.78 is 67.4. The van der Waals surface area contributed by atoms with Crippen molar-refractivity contribution in [2.24, 2.45) is 5.92 Å². The van der Waals surface area contributed by atoms with E-state index >= 15 is 0 Å². The average Bonchev–Trinajstić information content (AvgIpc) is 3.41. The van der Waals surface area contributed by atoms with Crippen molar-refractivity contribution >= 4 is 39.5 Å². The number of unbranched alkanes of at least 4 members (excludes halogenated alkanes) is 32. The molecule has 0 radical (unpaired) electrons. The quantitative estimate of drug-likeness (QED) is 0.0222. The molecule has 3 N–H and O–H groups in total. The number of ether oxygens (including phenoxy) is 4. The number of hydrogen-bond donors (Lipinski definition) is 3. The first-order valence-corrected chi connectivity index (χ1v) is 34.6. The molecule has 2 unspecified atom stereocenters. The van der Waals surface area contributed by atoms with Crippen LogP contribution in [-0.4, -0.2) is 96.7 Å². The lowest BCUT2D eigenvalue weighted by molar-refractivity contribution is -0.161. The predicted molar refractivity (Wildman–Crippen MR) is 312 cm³/mol. The summed E-state index contributed by atoms with van der Waals surface area (Å²) >= 11 is 0. The zero-order valence-corrected chi connectivity index (χ0v) is 52.3. The van der Waals surface area contributed by atoms with Gasteiger partial charge in [-0.2, -0.15) is 0 Å². The van der Waals surface area contributed by atoms with Crippen molar-refractivity contribution in [3.05, 3.63) is 0 Å². The standard InChI is InChI=1S/C60H116O17P2/c1-6-9-12-15-16-17-23-27-30-35-39-44-58(63)71-50-56(77-60(65)46-41-36-31-28-25-22-20-18-19-21-24-26-29-34-37-42-53(4)5)52-75-79(68,69)73-48-54(61)47-72-78(66,67)74-51-55(76-59(64)45-40-33-14-11-8-3)49-70-57(62)43-38-32-13-10-7-2/h53-56,61H,6-52H2,1-5H3,(H,66,67)(H,68,69)/t54-,55+,56+/m0/s1. The molecule has 0 aliphatic rings. The van der Waals surface area contributed by atoms with Crippen molar-refractivity contribution in [1.82, 2.24) is 0 Å². The molecule has 5 atom stereocenters. The maximum absolute atomic E-state index is 12.9. The predicted octanol–water partition coefficient (Wildman–Crippen LogP) is 16.2. The van der Waals surface area contributed by atoms with Gasteiger partial charge in [-0.3, -0.25) is 37.3 Å². The van der Waals surface area contributed by atoms with Crippen LogP contribution < -0.4 is 0 Å². The Morgan fingerprint density at radius 1 is 0.342 bits per heavy atom. The number of phosphoric ester groups is 2. The second-order valence-electron chi connectivity index (χ2n) is 22.2. The van der Waals surface area contributed by atoms with Gasteiger partial charge < -0.3 is 33.8 Å². The molecular formula is C60H116O17P2. The van der Waals surface area contributed by atoms with Crippen molar-refractivity contribution in [3.8, 4) is 0 Å². The van der Waals surface area contributed by atoms with Crippen LogP contribution in [0.15, 0.2) is 0 Å². The van der Waals surface area contributed by atoms with Crippen molar-refractivity contribution in [3.63, 3.8) is 0 Å². The van der Waals surface area contributed by atoms with Gasteiger partial charge in [-0.05, 0) is 31.6 Å². The fourth-order valence-corrected chi connectivity index (χ4v) is 10.5. The summed E-state index contributed by atoms with van der Waals surface area (Å²) in [6, 6.07) is 0. The summed E-state index contributed by atoms with van der Waals surface area (Å²) in [6.45, 7) is 7.00. The van der Waals surface area contributed by atoms with E-state index in [-0.39, 0.29) is 25.7 Å². The maximum atomic E-state index is 12.9. The van der Waals surface area contributed by atoms with Crippen molar-refractivity contribution in [1.29, 1.82) is 0 Å². The third-order valence-electron chi connectivity index (χ3n) is 13.8. The minimum atomic E-state index is -4.94. The molecule has 0 aliphatic carbocycles. The molecule has 0 aromatic carbocycles. The summed E-state index contributed by atoms with van der Waals surface area (Å²) in [6.07, 6.45) is 37.0. The molecule has 0 aliphatic heterocycles. The van der Waals surface area contributed by atoms with E-state index < -0.39 is 97.5 Å². The average molecular weight is 1170 g/mol. The molecule has 17 nitrogen and oxygen atoms in total. The van der Waals surface area contributed by atoms with Gasteiger partial charge in [0.15, 0.2) is 12.2 Å². The third-order valence-corrected chi connectivity index (χ3v) is 15.7. The first-order valence-electron chi connectivity index (χ1n) is 31.6. The van der Waals surface area contributed by atoms with Crippen LogP contribution in [-0.2, 0) is 65.4 Å². The molecule has 79 heavy (non-hydrogen) atoms. The van der Waals surface area contributed by atoms with E-state index in [0.717, 1.165) is 102 Å². The number of carbonyl (C=O) groups is 4. The first-order chi connectivity index (χ1) is 38.0. The third kappa shape index (κ3) is 55.0. The van der Waals surface area contributed by atoms with E-state index in [0.29, 0.717) is 25.7 Å². The van der Waals surface area contributed by atoms with E-state index in [2.05, 4.69) is 34.6 Å². The highest BCUT2D eigenvalue weighted by Gasteiger charge is 2.30. The van der Waals surface area contributed by atoms with Gasteiger partial charge in [-0.25, -0.2) is 9.13 Å². The second-order valence-corrected chi connectivity index (χ2v) is 25.1. The van der Waals surface area contributed by atoms with E-state index in [9.17, 15) is 43.2 Å². The summed E-state index contributed by atoms with van der Waals surface area (Å²) in [4.78, 5) is 71.5. The van der Waals surface area contributed by atoms with E-state index in [4.69, 9.17) is 37.0 Å². The summed E-state index contributed by atoms with van der Waals surface area (Å²) in [5.41, 5.74) is 0. The van der Waals surface area contributed by atoms with Gasteiger partial charge in [0.25, 0.3) is 0 Å². The molecule has 0 spiro atoms. The monoisotopic (exact) mass is 1170 g/mol. The van der Waals surface area contributed by atoms with Crippen LogP contribution in [0, 0.1) is 5.92 Å². The molecule has 0 fully saturated rings. The largest absolute Gasteiger partial charge is 0.472 e. The Labute approximate surface area is 479 Å². The molecule has 0 heterocycles. The van der Waals surface area contributed by atoms with Crippen LogP contribution in [0.3, 0.4) is 0 Å². The van der Waals surface area contributed by atoms with E-state index in [1.165, 1.54) is 116 Å². The number of esters is 4. The number of rotatable bonds is 60. The smallest absolute Gasteiger partial charge is 0.462 e. The van der Waals surface area contributed by atoms with Crippen LogP contribution in [0.25, 0.3) is 0 Å². The second kappa shape index (κ2) is 54.0. The van der Waals surface area contributed by atoms with Gasteiger partial charge in [-0.15, -0.1) is 0 Å². The molecule has 468 valence electrons. The van der Waals surface area contributed by atoms with Gasteiger partial charge in [0.2, 0.25) is 0 Å². The van der Waals surface area contributed by atoms with Crippen molar-refractivity contribution in [2.45, 2.75) is 316 Å². The highest BCUT2D eigenvalue weighted by Crippen LogP contribution is 2.45. The maximum Gasteiger partial charge on any atom is 0.472 e. The highest BCUT2D eigenvalue weighted by molar-refractivity contribution is 7.47. The van der Waals surface area contributed by atoms with Gasteiger partial charge >= 0.3 is 39.5 Å². The first kappa shape index (κ1) is 77.1. The molecule has 0 aromatic heterocycles. The lowest BCUT2D eigenvalue weighted by Crippen LogP contribution is -2.30. The molecule has 0 amide bonds. The molecule has 0 aromatic rings. The Morgan fingerprint density at radius 3 is 0.861 bits per heavy atom. The van der Waals surface area contributed by atoms with E-state index in [1.807, 2.05) is 0 Å². The lowest BCUT2D eigenvalue weighted by atomic mass is 10.0. The molecule has 0 bridgehead atoms. The Hall–Kier alpha value is -1.94. The van der Waals surface area contributed by atoms with E-state index in [1.54, 1.807) is 0 Å². The van der Waals surface area contributed by atoms with Crippen LogP contribution in [0.2, 0.25) is 0 Å². The Kier molecular flexibility index (Phi) is 52.7. The SMILES string of the molecule is CCCCCCCCCCCCCC(=O)OC[C@H](COP(=O)(O)OC[C@@H](O)COP(=O)(O)OC[C@@H](COC(=O)CCCCCCC)OC(=O)CCCCCCC)OC(=O)CCCCCCCCCCCCCCCCCC(C)C. The fraction of sp³-hybridized carbons (Fsp3) is 0.933. The summed E-state index contributed by atoms with van der Waals surface area (Å²) in [7, 11) is -9.86.